The van der Waals surface area contributed by atoms with Crippen LogP contribution in [0.4, 0.5) is 0 Å². The van der Waals surface area contributed by atoms with E-state index in [0.29, 0.717) is 12.8 Å². The van der Waals surface area contributed by atoms with E-state index in [1.807, 2.05) is 0 Å². The maximum absolute atomic E-state index is 11.6. The van der Waals surface area contributed by atoms with E-state index >= 15 is 0 Å². The van der Waals surface area contributed by atoms with Gasteiger partial charge < -0.3 is 20.1 Å². The van der Waals surface area contributed by atoms with Crippen molar-refractivity contribution in [2.45, 2.75) is 82.7 Å². The van der Waals surface area contributed by atoms with Gasteiger partial charge in [-0.15, -0.1) is 0 Å². The molecule has 1 heterocycles. The van der Waals surface area contributed by atoms with E-state index < -0.39 is 30.4 Å². The zero-order chi connectivity index (χ0) is 15.7. The Bertz CT molecular complexity index is 329. The number of aliphatic hydroxyl groups excluding tert-OH is 3. The predicted octanol–water partition coefficient (Wildman–Crippen LogP) is 1.69. The van der Waals surface area contributed by atoms with E-state index in [-0.39, 0.29) is 0 Å². The van der Waals surface area contributed by atoms with Gasteiger partial charge in [0.25, 0.3) is 0 Å². The van der Waals surface area contributed by atoms with Gasteiger partial charge in [0.05, 0.1) is 18.3 Å². The summed E-state index contributed by atoms with van der Waals surface area (Å²) >= 11 is 0. The Kier molecular flexibility index (Phi) is 8.57. The first-order chi connectivity index (χ1) is 10.0. The number of rotatable bonds is 0. The number of esters is 1. The van der Waals surface area contributed by atoms with Crippen molar-refractivity contribution in [1.82, 2.24) is 0 Å². The van der Waals surface area contributed by atoms with Crippen molar-refractivity contribution in [3.8, 4) is 0 Å². The highest BCUT2D eigenvalue weighted by Crippen LogP contribution is 2.15. The van der Waals surface area contributed by atoms with Gasteiger partial charge in [-0.3, -0.25) is 0 Å². The van der Waals surface area contributed by atoms with Crippen LogP contribution in [0.2, 0.25) is 0 Å². The fourth-order valence-corrected chi connectivity index (χ4v) is 2.43. The molecule has 4 atom stereocenters. The van der Waals surface area contributed by atoms with Crippen molar-refractivity contribution >= 4 is 5.97 Å². The Labute approximate surface area is 126 Å². The largest absolute Gasteiger partial charge is 0.457 e. The molecule has 0 radical (unpaired) electrons. The minimum atomic E-state index is -1.06. The van der Waals surface area contributed by atoms with Gasteiger partial charge in [-0.05, 0) is 25.8 Å². The van der Waals surface area contributed by atoms with Crippen LogP contribution in [0.5, 0.6) is 0 Å². The average Bonchev–Trinajstić information content (AvgIpc) is 2.45. The van der Waals surface area contributed by atoms with Crippen LogP contribution in [0.25, 0.3) is 0 Å². The molecule has 1 aliphatic heterocycles. The second kappa shape index (κ2) is 9.92. The highest BCUT2D eigenvalue weighted by atomic mass is 16.6. The Morgan fingerprint density at radius 2 is 1.48 bits per heavy atom. The van der Waals surface area contributed by atoms with Gasteiger partial charge in [0.2, 0.25) is 0 Å². The molecule has 21 heavy (non-hydrogen) atoms. The van der Waals surface area contributed by atoms with Crippen LogP contribution in [0.1, 0.15) is 58.3 Å². The van der Waals surface area contributed by atoms with E-state index in [9.17, 15) is 20.1 Å². The highest BCUT2D eigenvalue weighted by Gasteiger charge is 2.18. The Morgan fingerprint density at radius 1 is 0.952 bits per heavy atom. The molecule has 0 aliphatic carbocycles. The van der Waals surface area contributed by atoms with Crippen LogP contribution in [-0.4, -0.2) is 45.7 Å². The van der Waals surface area contributed by atoms with Crippen molar-refractivity contribution in [3.05, 3.63) is 12.2 Å². The van der Waals surface area contributed by atoms with Crippen molar-refractivity contribution in [3.63, 3.8) is 0 Å². The predicted molar refractivity (Wildman–Crippen MR) is 79.7 cm³/mol. The summed E-state index contributed by atoms with van der Waals surface area (Å²) in [4.78, 5) is 11.6. The van der Waals surface area contributed by atoms with Gasteiger partial charge in [-0.25, -0.2) is 4.79 Å². The molecule has 0 aromatic heterocycles. The summed E-state index contributed by atoms with van der Waals surface area (Å²) in [6, 6.07) is 0. The van der Waals surface area contributed by atoms with Crippen LogP contribution in [0, 0.1) is 0 Å². The summed E-state index contributed by atoms with van der Waals surface area (Å²) in [5.41, 5.74) is 0. The summed E-state index contributed by atoms with van der Waals surface area (Å²) in [5, 5.41) is 29.4. The monoisotopic (exact) mass is 300 g/mol. The molecule has 1 aliphatic rings. The lowest BCUT2D eigenvalue weighted by Gasteiger charge is -2.19. The van der Waals surface area contributed by atoms with Gasteiger partial charge in [-0.1, -0.05) is 38.5 Å². The molecular weight excluding hydrogens is 272 g/mol. The zero-order valence-electron chi connectivity index (χ0n) is 12.8. The summed E-state index contributed by atoms with van der Waals surface area (Å²) in [6.07, 6.45) is 6.39. The van der Waals surface area contributed by atoms with E-state index in [1.165, 1.54) is 6.08 Å². The molecule has 5 nitrogen and oxygen atoms in total. The first-order valence-corrected chi connectivity index (χ1v) is 7.93. The normalized spacial score (nSPS) is 35.9. The number of ether oxygens (including phenoxy) is 1. The summed E-state index contributed by atoms with van der Waals surface area (Å²) in [6.45, 7) is 1.66. The van der Waals surface area contributed by atoms with Gasteiger partial charge in [0.15, 0.2) is 0 Å². The van der Waals surface area contributed by atoms with Crippen molar-refractivity contribution in [2.24, 2.45) is 0 Å². The van der Waals surface area contributed by atoms with Crippen molar-refractivity contribution in [2.75, 3.05) is 0 Å². The molecule has 1 unspecified atom stereocenters. The van der Waals surface area contributed by atoms with E-state index in [0.717, 1.165) is 44.6 Å². The van der Waals surface area contributed by atoms with Crippen LogP contribution >= 0.6 is 0 Å². The minimum absolute atomic E-state index is 0.523. The smallest absolute Gasteiger partial charge is 0.330 e. The molecular formula is C16H28O5. The number of carbonyl (C=O) groups is 1. The third-order valence-electron chi connectivity index (χ3n) is 3.92. The molecule has 0 amide bonds. The molecule has 0 spiro atoms. The lowest BCUT2D eigenvalue weighted by atomic mass is 10.0. The van der Waals surface area contributed by atoms with Crippen LogP contribution in [0.15, 0.2) is 12.2 Å². The molecule has 0 bridgehead atoms. The third-order valence-corrected chi connectivity index (χ3v) is 3.92. The van der Waals surface area contributed by atoms with Crippen molar-refractivity contribution < 1.29 is 24.9 Å². The maximum Gasteiger partial charge on any atom is 0.330 e. The zero-order valence-corrected chi connectivity index (χ0v) is 12.8. The molecule has 0 saturated heterocycles. The van der Waals surface area contributed by atoms with Crippen molar-refractivity contribution in [1.29, 1.82) is 0 Å². The fourth-order valence-electron chi connectivity index (χ4n) is 2.43. The first-order valence-electron chi connectivity index (χ1n) is 7.93. The molecule has 122 valence electrons. The van der Waals surface area contributed by atoms with E-state index in [2.05, 4.69) is 0 Å². The minimum Gasteiger partial charge on any atom is -0.457 e. The molecule has 5 heteroatoms. The Balaban J connectivity index is 2.58. The quantitative estimate of drug-likeness (QED) is 0.593. The second-order valence-corrected chi connectivity index (χ2v) is 5.83. The molecule has 0 saturated carbocycles. The maximum atomic E-state index is 11.6. The summed E-state index contributed by atoms with van der Waals surface area (Å²) in [5.74, 6) is -0.611. The fraction of sp³-hybridized carbons (Fsp3) is 0.812. The lowest BCUT2D eigenvalue weighted by Crippen LogP contribution is -2.28. The van der Waals surface area contributed by atoms with Crippen LogP contribution < -0.4 is 0 Å². The first kappa shape index (κ1) is 18.1. The van der Waals surface area contributed by atoms with Gasteiger partial charge >= 0.3 is 5.97 Å². The SMILES string of the molecule is CC1OC(=O)/C=C/[C@H](O)[C@H](O)CCCCCCCC[C@H]1O. The third kappa shape index (κ3) is 7.60. The van der Waals surface area contributed by atoms with Crippen LogP contribution in [0.3, 0.4) is 0 Å². The van der Waals surface area contributed by atoms with Crippen LogP contribution in [-0.2, 0) is 9.53 Å². The average molecular weight is 300 g/mol. The molecule has 0 fully saturated rings. The molecule has 1 rings (SSSR count). The molecule has 0 aromatic rings. The summed E-state index contributed by atoms with van der Waals surface area (Å²) < 4.78 is 5.08. The van der Waals surface area contributed by atoms with E-state index in [4.69, 9.17) is 4.74 Å². The highest BCUT2D eigenvalue weighted by molar-refractivity contribution is 5.82. The molecule has 0 aromatic carbocycles. The number of hydrogen-bond donors (Lipinski definition) is 3. The van der Waals surface area contributed by atoms with Gasteiger partial charge in [0.1, 0.15) is 6.10 Å². The Hall–Kier alpha value is -0.910. The standard InChI is InChI=1S/C16H28O5/c1-12-13(17)8-6-4-2-3-5-7-9-14(18)15(19)10-11-16(20)21-12/h10-15,17-19H,2-9H2,1H3/b11-10+/t12?,13-,14-,15+/m1/s1. The topological polar surface area (TPSA) is 87.0 Å². The number of hydrogen-bond acceptors (Lipinski definition) is 5. The second-order valence-electron chi connectivity index (χ2n) is 5.83. The number of cyclic esters (lactones) is 1. The van der Waals surface area contributed by atoms with Gasteiger partial charge in [0, 0.05) is 6.08 Å². The number of carbonyl (C=O) groups excluding carboxylic acids is 1. The lowest BCUT2D eigenvalue weighted by molar-refractivity contribution is -0.147. The number of aliphatic hydroxyl groups is 3. The summed E-state index contributed by atoms with van der Waals surface area (Å²) in [7, 11) is 0. The van der Waals surface area contributed by atoms with Gasteiger partial charge in [-0.2, -0.15) is 0 Å². The molecule has 3 N–H and O–H groups in total. The van der Waals surface area contributed by atoms with E-state index in [1.54, 1.807) is 6.92 Å². The Morgan fingerprint density at radius 3 is 2.10 bits per heavy atom.